The van der Waals surface area contributed by atoms with Gasteiger partial charge in [0.2, 0.25) is 6.04 Å². The first kappa shape index (κ1) is 20.7. The number of alkyl carbamates (subject to hydrolysis) is 1. The molecule has 148 valence electrons. The SMILES string of the molecule is O=C(NC(C(=O)O)C(=O)NCCOc1ccc(F)cc1)OCc1ccccc1. The van der Waals surface area contributed by atoms with Crippen molar-refractivity contribution in [2.45, 2.75) is 12.6 Å². The average Bonchev–Trinajstić information content (AvgIpc) is 2.69. The number of carbonyl (C=O) groups excluding carboxylic acids is 2. The van der Waals surface area contributed by atoms with Gasteiger partial charge in [0.05, 0.1) is 6.54 Å². The zero-order valence-corrected chi connectivity index (χ0v) is 14.8. The van der Waals surface area contributed by atoms with Crippen LogP contribution in [0.2, 0.25) is 0 Å². The van der Waals surface area contributed by atoms with Gasteiger partial charge in [0, 0.05) is 0 Å². The smallest absolute Gasteiger partial charge is 0.408 e. The van der Waals surface area contributed by atoms with E-state index in [9.17, 15) is 18.8 Å². The summed E-state index contributed by atoms with van der Waals surface area (Å²) in [7, 11) is 0. The first-order valence-electron chi connectivity index (χ1n) is 8.32. The second-order valence-electron chi connectivity index (χ2n) is 5.57. The van der Waals surface area contributed by atoms with Crippen molar-refractivity contribution < 1.29 is 33.4 Å². The number of ether oxygens (including phenoxy) is 2. The molecule has 0 spiro atoms. The molecule has 0 aromatic heterocycles. The maximum absolute atomic E-state index is 12.8. The molecule has 0 saturated heterocycles. The van der Waals surface area contributed by atoms with Gasteiger partial charge < -0.3 is 19.9 Å². The van der Waals surface area contributed by atoms with Crippen molar-refractivity contribution >= 4 is 18.0 Å². The van der Waals surface area contributed by atoms with Gasteiger partial charge >= 0.3 is 12.1 Å². The van der Waals surface area contributed by atoms with Crippen LogP contribution in [-0.4, -0.2) is 42.3 Å². The van der Waals surface area contributed by atoms with E-state index in [4.69, 9.17) is 14.6 Å². The highest BCUT2D eigenvalue weighted by Crippen LogP contribution is 2.10. The predicted molar refractivity (Wildman–Crippen MR) is 96.1 cm³/mol. The summed E-state index contributed by atoms with van der Waals surface area (Å²) in [5.74, 6) is -2.47. The van der Waals surface area contributed by atoms with Gasteiger partial charge in [-0.15, -0.1) is 0 Å². The van der Waals surface area contributed by atoms with Crippen LogP contribution in [0.3, 0.4) is 0 Å². The summed E-state index contributed by atoms with van der Waals surface area (Å²) in [6, 6.07) is 12.3. The molecule has 0 aliphatic carbocycles. The molecule has 2 rings (SSSR count). The normalized spacial score (nSPS) is 11.2. The number of amides is 2. The maximum atomic E-state index is 12.8. The first-order valence-corrected chi connectivity index (χ1v) is 8.32. The van der Waals surface area contributed by atoms with Crippen LogP contribution in [0, 0.1) is 5.82 Å². The summed E-state index contributed by atoms with van der Waals surface area (Å²) in [6.07, 6.45) is -1.03. The topological polar surface area (TPSA) is 114 Å². The quantitative estimate of drug-likeness (QED) is 0.444. The standard InChI is InChI=1S/C19H19FN2O6/c20-14-6-8-15(9-7-14)27-11-10-21-17(23)16(18(24)25)22-19(26)28-12-13-4-2-1-3-5-13/h1-9,16H,10-12H2,(H,21,23)(H,22,26)(H,24,25). The molecule has 0 aliphatic heterocycles. The lowest BCUT2D eigenvalue weighted by Gasteiger charge is -2.15. The Morgan fingerprint density at radius 2 is 1.71 bits per heavy atom. The highest BCUT2D eigenvalue weighted by Gasteiger charge is 2.28. The lowest BCUT2D eigenvalue weighted by molar-refractivity contribution is -0.143. The van der Waals surface area contributed by atoms with E-state index in [2.05, 4.69) is 5.32 Å². The van der Waals surface area contributed by atoms with Crippen LogP contribution < -0.4 is 15.4 Å². The van der Waals surface area contributed by atoms with Gasteiger partial charge in [0.15, 0.2) is 0 Å². The number of rotatable bonds is 9. The largest absolute Gasteiger partial charge is 0.492 e. The summed E-state index contributed by atoms with van der Waals surface area (Å²) in [5, 5.41) is 13.5. The van der Waals surface area contributed by atoms with Crippen LogP contribution in [0.5, 0.6) is 5.75 Å². The van der Waals surface area contributed by atoms with E-state index in [0.717, 1.165) is 0 Å². The van der Waals surface area contributed by atoms with Crippen LogP contribution in [0.4, 0.5) is 9.18 Å². The van der Waals surface area contributed by atoms with E-state index in [0.29, 0.717) is 11.3 Å². The Kier molecular flexibility index (Phi) is 7.77. The molecule has 0 saturated carbocycles. The van der Waals surface area contributed by atoms with Crippen LogP contribution in [0.1, 0.15) is 5.56 Å². The van der Waals surface area contributed by atoms with Gasteiger partial charge in [0.1, 0.15) is 24.8 Å². The fourth-order valence-corrected chi connectivity index (χ4v) is 2.10. The van der Waals surface area contributed by atoms with E-state index in [1.165, 1.54) is 24.3 Å². The molecule has 3 N–H and O–H groups in total. The molecule has 2 amide bonds. The third-order valence-corrected chi connectivity index (χ3v) is 3.47. The highest BCUT2D eigenvalue weighted by molar-refractivity contribution is 6.03. The van der Waals surface area contributed by atoms with Crippen LogP contribution in [0.25, 0.3) is 0 Å². The Hall–Kier alpha value is -3.62. The van der Waals surface area contributed by atoms with Crippen LogP contribution >= 0.6 is 0 Å². The molecule has 9 heteroatoms. The summed E-state index contributed by atoms with van der Waals surface area (Å²) in [5.41, 5.74) is 0.715. The van der Waals surface area contributed by atoms with Crippen LogP contribution in [-0.2, 0) is 20.9 Å². The lowest BCUT2D eigenvalue weighted by Crippen LogP contribution is -2.52. The fourth-order valence-electron chi connectivity index (χ4n) is 2.10. The molecule has 0 fully saturated rings. The van der Waals surface area contributed by atoms with Crippen molar-refractivity contribution in [2.24, 2.45) is 0 Å². The second-order valence-corrected chi connectivity index (χ2v) is 5.57. The Morgan fingerprint density at radius 3 is 2.36 bits per heavy atom. The number of halogens is 1. The van der Waals surface area contributed by atoms with Crippen LogP contribution in [0.15, 0.2) is 54.6 Å². The van der Waals surface area contributed by atoms with E-state index < -0.39 is 29.8 Å². The first-order chi connectivity index (χ1) is 13.5. The molecular weight excluding hydrogens is 371 g/mol. The Bertz CT molecular complexity index is 798. The van der Waals surface area contributed by atoms with Gasteiger partial charge in [-0.05, 0) is 29.8 Å². The van der Waals surface area contributed by atoms with Crippen molar-refractivity contribution in [2.75, 3.05) is 13.2 Å². The summed E-state index contributed by atoms with van der Waals surface area (Å²) >= 11 is 0. The molecule has 2 aromatic rings. The zero-order valence-electron chi connectivity index (χ0n) is 14.8. The molecule has 0 heterocycles. The number of carboxylic acids is 1. The number of carboxylic acid groups (broad SMARTS) is 1. The third-order valence-electron chi connectivity index (χ3n) is 3.47. The predicted octanol–water partition coefficient (Wildman–Crippen LogP) is 1.70. The summed E-state index contributed by atoms with van der Waals surface area (Å²) < 4.78 is 23.0. The van der Waals surface area contributed by atoms with E-state index in [-0.39, 0.29) is 19.8 Å². The highest BCUT2D eigenvalue weighted by atomic mass is 19.1. The molecular formula is C19H19FN2O6. The number of benzene rings is 2. The number of aliphatic carboxylic acids is 1. The average molecular weight is 390 g/mol. The van der Waals surface area contributed by atoms with E-state index >= 15 is 0 Å². The number of hydrogen-bond donors (Lipinski definition) is 3. The summed E-state index contributed by atoms with van der Waals surface area (Å²) in [4.78, 5) is 35.0. The Morgan fingerprint density at radius 1 is 1.04 bits per heavy atom. The number of nitrogens with one attached hydrogen (secondary N) is 2. The maximum Gasteiger partial charge on any atom is 0.408 e. The van der Waals surface area contributed by atoms with Crippen molar-refractivity contribution in [3.8, 4) is 5.75 Å². The zero-order chi connectivity index (χ0) is 20.4. The molecule has 2 aromatic carbocycles. The molecule has 0 bridgehead atoms. The molecule has 1 unspecified atom stereocenters. The molecule has 0 radical (unpaired) electrons. The van der Waals surface area contributed by atoms with E-state index in [1.807, 2.05) is 5.32 Å². The molecule has 28 heavy (non-hydrogen) atoms. The van der Waals surface area contributed by atoms with Crippen molar-refractivity contribution in [1.82, 2.24) is 10.6 Å². The van der Waals surface area contributed by atoms with Gasteiger partial charge in [-0.2, -0.15) is 0 Å². The fraction of sp³-hybridized carbons (Fsp3) is 0.211. The summed E-state index contributed by atoms with van der Waals surface area (Å²) in [6.45, 7) is -0.0466. The van der Waals surface area contributed by atoms with Gasteiger partial charge in [-0.1, -0.05) is 30.3 Å². The molecule has 1 atom stereocenters. The number of carbonyl (C=O) groups is 3. The van der Waals surface area contributed by atoms with Crippen molar-refractivity contribution in [3.63, 3.8) is 0 Å². The van der Waals surface area contributed by atoms with E-state index in [1.54, 1.807) is 30.3 Å². The second kappa shape index (κ2) is 10.5. The van der Waals surface area contributed by atoms with Gasteiger partial charge in [-0.3, -0.25) is 10.1 Å². The molecule has 8 nitrogen and oxygen atoms in total. The van der Waals surface area contributed by atoms with Crippen molar-refractivity contribution in [3.05, 3.63) is 66.0 Å². The number of hydrogen-bond acceptors (Lipinski definition) is 5. The Balaban J connectivity index is 1.75. The van der Waals surface area contributed by atoms with Gasteiger partial charge in [-0.25, -0.2) is 14.0 Å². The minimum Gasteiger partial charge on any atom is -0.492 e. The van der Waals surface area contributed by atoms with Crippen molar-refractivity contribution in [1.29, 1.82) is 0 Å². The minimum absolute atomic E-state index is 0.0132. The monoisotopic (exact) mass is 390 g/mol. The minimum atomic E-state index is -1.81. The Labute approximate surface area is 160 Å². The lowest BCUT2D eigenvalue weighted by atomic mass is 10.2. The van der Waals surface area contributed by atoms with Gasteiger partial charge in [0.25, 0.3) is 5.91 Å². The molecule has 0 aliphatic rings. The third kappa shape index (κ3) is 6.94.